The molecule has 3 fully saturated rings. The maximum atomic E-state index is 12.7. The number of carboxylic acid groups (broad SMARTS) is 1. The van der Waals surface area contributed by atoms with Gasteiger partial charge in [0, 0.05) is 45.6 Å². The molecular formula is C22H31N3O4. The van der Waals surface area contributed by atoms with Gasteiger partial charge in [0.05, 0.1) is 6.04 Å². The van der Waals surface area contributed by atoms with Gasteiger partial charge < -0.3 is 15.3 Å². The van der Waals surface area contributed by atoms with Gasteiger partial charge in [0.25, 0.3) is 6.47 Å². The summed E-state index contributed by atoms with van der Waals surface area (Å²) in [5.74, 6) is 1.30. The first-order chi connectivity index (χ1) is 14.0. The number of likely N-dealkylation sites (tertiary alicyclic amines) is 1. The molecule has 1 aromatic carbocycles. The largest absolute Gasteiger partial charge is 0.483 e. The van der Waals surface area contributed by atoms with Gasteiger partial charge >= 0.3 is 0 Å². The predicted octanol–water partition coefficient (Wildman–Crippen LogP) is 1.72. The first kappa shape index (κ1) is 21.3. The van der Waals surface area contributed by atoms with Gasteiger partial charge in [0.15, 0.2) is 0 Å². The summed E-state index contributed by atoms with van der Waals surface area (Å²) in [6.07, 6.45) is 3.97. The van der Waals surface area contributed by atoms with E-state index in [9.17, 15) is 9.59 Å². The number of rotatable bonds is 4. The molecule has 7 heteroatoms. The van der Waals surface area contributed by atoms with Crippen molar-refractivity contribution < 1.29 is 19.5 Å². The molecule has 29 heavy (non-hydrogen) atoms. The standard InChI is InChI=1S/C21H29N3O2.CH2O2/c1-15(25)22-11-20-18-10-17(19-8-5-9-21(26)24(19)20)13-23(14-18)12-16-6-3-2-4-7-16;2-1-3/h2-4,6-7,17-20H,5,8-14H2,1H3,(H,22,25);1H,(H,2,3)/t17-,18+,19+,20+;/m1./s1. The van der Waals surface area contributed by atoms with Gasteiger partial charge in [-0.2, -0.15) is 0 Å². The topological polar surface area (TPSA) is 90.0 Å². The molecule has 0 aromatic heterocycles. The molecular weight excluding hydrogens is 370 g/mol. The Bertz CT molecular complexity index is 711. The van der Waals surface area contributed by atoms with Crippen molar-refractivity contribution in [3.63, 3.8) is 0 Å². The lowest BCUT2D eigenvalue weighted by atomic mass is 9.72. The summed E-state index contributed by atoms with van der Waals surface area (Å²) in [5, 5.41) is 9.87. The lowest BCUT2D eigenvalue weighted by Crippen LogP contribution is -2.66. The maximum Gasteiger partial charge on any atom is 0.290 e. The number of nitrogens with zero attached hydrogens (tertiary/aromatic N) is 2. The molecule has 0 radical (unpaired) electrons. The molecule has 3 aliphatic heterocycles. The summed E-state index contributed by atoms with van der Waals surface area (Å²) < 4.78 is 0. The zero-order valence-corrected chi connectivity index (χ0v) is 17.0. The van der Waals surface area contributed by atoms with Crippen LogP contribution in [0.15, 0.2) is 30.3 Å². The summed E-state index contributed by atoms with van der Waals surface area (Å²) >= 11 is 0. The average molecular weight is 402 g/mol. The Morgan fingerprint density at radius 3 is 2.62 bits per heavy atom. The minimum absolute atomic E-state index is 0.00918. The highest BCUT2D eigenvalue weighted by Crippen LogP contribution is 2.41. The fourth-order valence-corrected chi connectivity index (χ4v) is 5.35. The van der Waals surface area contributed by atoms with Crippen molar-refractivity contribution in [1.82, 2.24) is 15.1 Å². The van der Waals surface area contributed by atoms with Crippen LogP contribution in [0, 0.1) is 11.8 Å². The van der Waals surface area contributed by atoms with Gasteiger partial charge in [-0.1, -0.05) is 30.3 Å². The van der Waals surface area contributed by atoms with E-state index >= 15 is 0 Å². The predicted molar refractivity (Wildman–Crippen MR) is 109 cm³/mol. The fraction of sp³-hybridized carbons (Fsp3) is 0.591. The normalized spacial score (nSPS) is 28.6. The van der Waals surface area contributed by atoms with Crippen LogP contribution in [0.1, 0.15) is 38.2 Å². The van der Waals surface area contributed by atoms with E-state index in [-0.39, 0.29) is 18.4 Å². The molecule has 0 spiro atoms. The van der Waals surface area contributed by atoms with Crippen molar-refractivity contribution in [2.45, 2.75) is 51.2 Å². The first-order valence-electron chi connectivity index (χ1n) is 10.4. The van der Waals surface area contributed by atoms with Crippen LogP contribution < -0.4 is 5.32 Å². The summed E-state index contributed by atoms with van der Waals surface area (Å²) in [6, 6.07) is 11.1. The van der Waals surface area contributed by atoms with Gasteiger partial charge in [-0.3, -0.25) is 19.3 Å². The summed E-state index contributed by atoms with van der Waals surface area (Å²) in [5.41, 5.74) is 1.35. The van der Waals surface area contributed by atoms with Crippen LogP contribution in [0.4, 0.5) is 0 Å². The van der Waals surface area contributed by atoms with Crippen LogP contribution in [-0.4, -0.2) is 64.9 Å². The Balaban J connectivity index is 0.000000755. The molecule has 3 saturated heterocycles. The van der Waals surface area contributed by atoms with E-state index in [1.54, 1.807) is 6.92 Å². The molecule has 0 aliphatic carbocycles. The molecule has 3 aliphatic rings. The smallest absolute Gasteiger partial charge is 0.290 e. The minimum atomic E-state index is -0.250. The molecule has 3 heterocycles. The quantitative estimate of drug-likeness (QED) is 0.750. The second kappa shape index (κ2) is 9.87. The molecule has 0 saturated carbocycles. The van der Waals surface area contributed by atoms with Crippen molar-refractivity contribution in [3.05, 3.63) is 35.9 Å². The minimum Gasteiger partial charge on any atom is -0.483 e. The molecule has 2 bridgehead atoms. The van der Waals surface area contributed by atoms with Crippen LogP contribution in [0.3, 0.4) is 0 Å². The molecule has 7 nitrogen and oxygen atoms in total. The lowest BCUT2D eigenvalue weighted by Gasteiger charge is -2.56. The van der Waals surface area contributed by atoms with E-state index in [1.807, 2.05) is 0 Å². The van der Waals surface area contributed by atoms with Crippen LogP contribution in [0.2, 0.25) is 0 Å². The number of amides is 2. The number of hydrogen-bond acceptors (Lipinski definition) is 4. The average Bonchev–Trinajstić information content (AvgIpc) is 2.69. The summed E-state index contributed by atoms with van der Waals surface area (Å²) in [7, 11) is 0. The van der Waals surface area contributed by atoms with Gasteiger partial charge in [-0.25, -0.2) is 0 Å². The number of piperidine rings is 3. The Hall–Kier alpha value is -2.41. The van der Waals surface area contributed by atoms with Gasteiger partial charge in [-0.05, 0) is 36.7 Å². The SMILES string of the molecule is CC(=O)NC[C@H]1[C@H]2C[C@H](CN(Cc3ccccc3)C2)[C@@H]2CCCC(=O)N21.O=CO. The van der Waals surface area contributed by atoms with Crippen LogP contribution in [-0.2, 0) is 20.9 Å². The van der Waals surface area contributed by atoms with Gasteiger partial charge in [-0.15, -0.1) is 0 Å². The Labute approximate surface area is 172 Å². The lowest BCUT2D eigenvalue weighted by molar-refractivity contribution is -0.153. The van der Waals surface area contributed by atoms with E-state index in [4.69, 9.17) is 9.90 Å². The number of carbonyl (C=O) groups is 3. The second-order valence-electron chi connectivity index (χ2n) is 8.31. The van der Waals surface area contributed by atoms with Gasteiger partial charge in [0.1, 0.15) is 0 Å². The Morgan fingerprint density at radius 2 is 1.93 bits per heavy atom. The van der Waals surface area contributed by atoms with Crippen molar-refractivity contribution in [2.75, 3.05) is 19.6 Å². The molecule has 158 valence electrons. The van der Waals surface area contributed by atoms with Gasteiger partial charge in [0.2, 0.25) is 11.8 Å². The van der Waals surface area contributed by atoms with E-state index < -0.39 is 0 Å². The number of nitrogens with one attached hydrogen (secondary N) is 1. The van der Waals surface area contributed by atoms with E-state index in [2.05, 4.69) is 45.4 Å². The molecule has 4 rings (SSSR count). The molecule has 1 aromatic rings. The number of carbonyl (C=O) groups excluding carboxylic acids is 2. The highest BCUT2D eigenvalue weighted by atomic mass is 16.3. The highest BCUT2D eigenvalue weighted by molar-refractivity contribution is 5.78. The number of hydrogen-bond donors (Lipinski definition) is 2. The Morgan fingerprint density at radius 1 is 1.24 bits per heavy atom. The Kier molecular flexibility index (Phi) is 7.25. The first-order valence-corrected chi connectivity index (χ1v) is 10.4. The van der Waals surface area contributed by atoms with E-state index in [0.29, 0.717) is 36.8 Å². The summed E-state index contributed by atoms with van der Waals surface area (Å²) in [6.45, 7) is 4.96. The summed E-state index contributed by atoms with van der Waals surface area (Å²) in [4.78, 5) is 37.3. The third-order valence-electron chi connectivity index (χ3n) is 6.38. The van der Waals surface area contributed by atoms with Crippen molar-refractivity contribution in [1.29, 1.82) is 0 Å². The van der Waals surface area contributed by atoms with Crippen LogP contribution >= 0.6 is 0 Å². The van der Waals surface area contributed by atoms with Crippen LogP contribution in [0.25, 0.3) is 0 Å². The van der Waals surface area contributed by atoms with Crippen molar-refractivity contribution in [2.24, 2.45) is 11.8 Å². The second-order valence-corrected chi connectivity index (χ2v) is 8.31. The van der Waals surface area contributed by atoms with E-state index in [1.165, 1.54) is 12.0 Å². The van der Waals surface area contributed by atoms with Crippen LogP contribution in [0.5, 0.6) is 0 Å². The maximum absolute atomic E-state index is 12.7. The number of benzene rings is 1. The fourth-order valence-electron chi connectivity index (χ4n) is 5.35. The van der Waals surface area contributed by atoms with E-state index in [0.717, 1.165) is 32.5 Å². The number of fused-ring (bicyclic) bond motifs is 4. The third-order valence-corrected chi connectivity index (χ3v) is 6.38. The zero-order valence-electron chi connectivity index (χ0n) is 17.0. The zero-order chi connectivity index (χ0) is 20.8. The monoisotopic (exact) mass is 401 g/mol. The molecule has 2 N–H and O–H groups in total. The van der Waals surface area contributed by atoms with Crippen molar-refractivity contribution in [3.8, 4) is 0 Å². The molecule has 4 atom stereocenters. The van der Waals surface area contributed by atoms with Crippen molar-refractivity contribution >= 4 is 18.3 Å². The third kappa shape index (κ3) is 5.15. The highest BCUT2D eigenvalue weighted by Gasteiger charge is 2.49. The molecule has 2 amide bonds. The molecule has 0 unspecified atom stereocenters.